The normalized spacial score (nSPS) is 40.7. The molecule has 2 unspecified atom stereocenters. The molecule has 3 rings (SSSR count). The fourth-order valence-corrected chi connectivity index (χ4v) is 5.53. The summed E-state index contributed by atoms with van der Waals surface area (Å²) >= 11 is 0. The molecule has 0 amide bonds. The van der Waals surface area contributed by atoms with E-state index in [1.807, 2.05) is 13.8 Å². The standard InChI is InChI=1S/C13H25N3O3S/c1-10-6-15(7-11(2)19-10)20(17,18)16-8-12-4-3-5-14-13(12)9-16/h10-14H,3-9H2,1-2H3/t10?,11?,12-,13+/m0/s1. The van der Waals surface area contributed by atoms with Crippen LogP contribution in [0.3, 0.4) is 0 Å². The number of nitrogens with zero attached hydrogens (tertiary/aromatic N) is 2. The summed E-state index contributed by atoms with van der Waals surface area (Å²) in [6.07, 6.45) is 2.23. The summed E-state index contributed by atoms with van der Waals surface area (Å²) in [6, 6.07) is 0.342. The highest BCUT2D eigenvalue weighted by Gasteiger charge is 2.43. The highest BCUT2D eigenvalue weighted by atomic mass is 32.2. The minimum Gasteiger partial charge on any atom is -0.373 e. The molecule has 3 saturated heterocycles. The highest BCUT2D eigenvalue weighted by Crippen LogP contribution is 2.28. The summed E-state index contributed by atoms with van der Waals surface area (Å²) in [5.74, 6) is 0.481. The second-order valence-electron chi connectivity index (χ2n) is 6.36. The van der Waals surface area contributed by atoms with Crippen molar-refractivity contribution in [2.45, 2.75) is 44.9 Å². The molecule has 20 heavy (non-hydrogen) atoms. The molecule has 3 fully saturated rings. The second kappa shape index (κ2) is 5.53. The Bertz CT molecular complexity index is 432. The highest BCUT2D eigenvalue weighted by molar-refractivity contribution is 7.86. The Kier molecular flexibility index (Phi) is 4.07. The van der Waals surface area contributed by atoms with Gasteiger partial charge < -0.3 is 10.1 Å². The van der Waals surface area contributed by atoms with Crippen LogP contribution in [0.15, 0.2) is 0 Å². The summed E-state index contributed by atoms with van der Waals surface area (Å²) in [6.45, 7) is 7.10. The molecule has 3 aliphatic rings. The Balaban J connectivity index is 1.72. The predicted molar refractivity (Wildman–Crippen MR) is 76.6 cm³/mol. The van der Waals surface area contributed by atoms with Gasteiger partial charge in [-0.1, -0.05) is 0 Å². The number of hydrogen-bond donors (Lipinski definition) is 1. The van der Waals surface area contributed by atoms with Gasteiger partial charge in [0, 0.05) is 32.2 Å². The van der Waals surface area contributed by atoms with Crippen molar-refractivity contribution in [3.05, 3.63) is 0 Å². The van der Waals surface area contributed by atoms with Gasteiger partial charge in [0.15, 0.2) is 0 Å². The number of rotatable bonds is 2. The van der Waals surface area contributed by atoms with Crippen LogP contribution in [0.2, 0.25) is 0 Å². The van der Waals surface area contributed by atoms with Gasteiger partial charge in [-0.15, -0.1) is 0 Å². The minimum atomic E-state index is -3.34. The first kappa shape index (κ1) is 14.7. The maximum atomic E-state index is 12.8. The van der Waals surface area contributed by atoms with Crippen molar-refractivity contribution < 1.29 is 13.2 Å². The molecule has 0 radical (unpaired) electrons. The van der Waals surface area contributed by atoms with E-state index in [4.69, 9.17) is 4.74 Å². The Morgan fingerprint density at radius 1 is 1.05 bits per heavy atom. The van der Waals surface area contributed by atoms with Crippen molar-refractivity contribution in [2.24, 2.45) is 5.92 Å². The lowest BCUT2D eigenvalue weighted by atomic mass is 9.94. The molecule has 0 aromatic rings. The fraction of sp³-hybridized carbons (Fsp3) is 1.00. The van der Waals surface area contributed by atoms with Crippen LogP contribution in [0, 0.1) is 5.92 Å². The quantitative estimate of drug-likeness (QED) is 0.781. The van der Waals surface area contributed by atoms with E-state index in [0.29, 0.717) is 38.1 Å². The van der Waals surface area contributed by atoms with Gasteiger partial charge in [0.2, 0.25) is 0 Å². The van der Waals surface area contributed by atoms with E-state index in [2.05, 4.69) is 5.32 Å². The average Bonchev–Trinajstić information content (AvgIpc) is 2.82. The minimum absolute atomic E-state index is 0.0310. The van der Waals surface area contributed by atoms with Crippen molar-refractivity contribution in [3.8, 4) is 0 Å². The maximum Gasteiger partial charge on any atom is 0.282 e. The number of ether oxygens (including phenoxy) is 1. The van der Waals surface area contributed by atoms with Crippen molar-refractivity contribution in [1.82, 2.24) is 13.9 Å². The Morgan fingerprint density at radius 3 is 2.35 bits per heavy atom. The van der Waals surface area contributed by atoms with Gasteiger partial charge >= 0.3 is 0 Å². The average molecular weight is 303 g/mol. The van der Waals surface area contributed by atoms with E-state index in [9.17, 15) is 8.42 Å². The molecule has 4 atom stereocenters. The molecule has 7 heteroatoms. The molecule has 1 N–H and O–H groups in total. The van der Waals surface area contributed by atoms with Gasteiger partial charge in [-0.25, -0.2) is 0 Å². The monoisotopic (exact) mass is 303 g/mol. The molecule has 3 aliphatic heterocycles. The van der Waals surface area contributed by atoms with Gasteiger partial charge in [0.05, 0.1) is 12.2 Å². The Labute approximate surface area is 121 Å². The smallest absolute Gasteiger partial charge is 0.282 e. The molecular formula is C13H25N3O3S. The molecule has 0 aromatic carbocycles. The number of morpholine rings is 1. The number of fused-ring (bicyclic) bond motifs is 1. The van der Waals surface area contributed by atoms with E-state index in [-0.39, 0.29) is 12.2 Å². The lowest BCUT2D eigenvalue weighted by Crippen LogP contribution is -2.53. The van der Waals surface area contributed by atoms with Crippen LogP contribution in [0.1, 0.15) is 26.7 Å². The van der Waals surface area contributed by atoms with E-state index < -0.39 is 10.2 Å². The van der Waals surface area contributed by atoms with Crippen molar-refractivity contribution in [1.29, 1.82) is 0 Å². The van der Waals surface area contributed by atoms with Gasteiger partial charge in [-0.05, 0) is 39.2 Å². The van der Waals surface area contributed by atoms with Crippen LogP contribution >= 0.6 is 0 Å². The molecule has 0 aliphatic carbocycles. The zero-order chi connectivity index (χ0) is 14.3. The molecule has 0 saturated carbocycles. The Morgan fingerprint density at radius 2 is 1.70 bits per heavy atom. The van der Waals surface area contributed by atoms with Gasteiger partial charge in [0.25, 0.3) is 10.2 Å². The van der Waals surface area contributed by atoms with Crippen molar-refractivity contribution in [2.75, 3.05) is 32.7 Å². The first-order valence-electron chi connectivity index (χ1n) is 7.61. The van der Waals surface area contributed by atoms with E-state index >= 15 is 0 Å². The third-order valence-corrected chi connectivity index (χ3v) is 6.51. The van der Waals surface area contributed by atoms with Gasteiger partial charge in [0.1, 0.15) is 0 Å². The first-order chi connectivity index (χ1) is 9.46. The van der Waals surface area contributed by atoms with Crippen LogP contribution < -0.4 is 5.32 Å². The lowest BCUT2D eigenvalue weighted by Gasteiger charge is -2.36. The molecule has 6 nitrogen and oxygen atoms in total. The molecule has 3 heterocycles. The topological polar surface area (TPSA) is 61.9 Å². The molecule has 0 bridgehead atoms. The Hall–Kier alpha value is -0.210. The summed E-state index contributed by atoms with van der Waals surface area (Å²) in [5.41, 5.74) is 0. The number of piperidine rings is 1. The third kappa shape index (κ3) is 2.74. The molecule has 116 valence electrons. The SMILES string of the molecule is CC1CN(S(=O)(=O)N2C[C@@H]3CCCN[C@@H]3C2)CC(C)O1. The van der Waals surface area contributed by atoms with E-state index in [1.54, 1.807) is 8.61 Å². The summed E-state index contributed by atoms with van der Waals surface area (Å²) in [5, 5.41) is 3.45. The van der Waals surface area contributed by atoms with Gasteiger partial charge in [-0.2, -0.15) is 17.0 Å². The summed E-state index contributed by atoms with van der Waals surface area (Å²) < 4.78 is 34.5. The zero-order valence-electron chi connectivity index (χ0n) is 12.3. The third-order valence-electron chi connectivity index (χ3n) is 4.60. The van der Waals surface area contributed by atoms with Crippen LogP contribution in [-0.4, -0.2) is 68.0 Å². The van der Waals surface area contributed by atoms with E-state index in [1.165, 1.54) is 0 Å². The molecular weight excluding hydrogens is 278 g/mol. The lowest BCUT2D eigenvalue weighted by molar-refractivity contribution is -0.0453. The predicted octanol–water partition coefficient (Wildman–Crippen LogP) is 0.0242. The number of nitrogens with one attached hydrogen (secondary N) is 1. The van der Waals surface area contributed by atoms with Crippen molar-refractivity contribution in [3.63, 3.8) is 0 Å². The van der Waals surface area contributed by atoms with Crippen LogP contribution in [0.25, 0.3) is 0 Å². The van der Waals surface area contributed by atoms with Crippen LogP contribution in [0.5, 0.6) is 0 Å². The van der Waals surface area contributed by atoms with Gasteiger partial charge in [-0.3, -0.25) is 0 Å². The zero-order valence-corrected chi connectivity index (χ0v) is 13.1. The summed E-state index contributed by atoms with van der Waals surface area (Å²) in [7, 11) is -3.34. The first-order valence-corrected chi connectivity index (χ1v) is 9.00. The summed E-state index contributed by atoms with van der Waals surface area (Å²) in [4.78, 5) is 0. The van der Waals surface area contributed by atoms with Crippen LogP contribution in [0.4, 0.5) is 0 Å². The number of hydrogen-bond acceptors (Lipinski definition) is 4. The fourth-order valence-electron chi connectivity index (χ4n) is 3.68. The second-order valence-corrected chi connectivity index (χ2v) is 8.29. The molecule has 0 aromatic heterocycles. The van der Waals surface area contributed by atoms with Crippen molar-refractivity contribution >= 4 is 10.2 Å². The largest absolute Gasteiger partial charge is 0.373 e. The van der Waals surface area contributed by atoms with E-state index in [0.717, 1.165) is 19.4 Å². The molecule has 0 spiro atoms. The maximum absolute atomic E-state index is 12.8. The van der Waals surface area contributed by atoms with Crippen LogP contribution in [-0.2, 0) is 14.9 Å².